The Morgan fingerprint density at radius 2 is 1.96 bits per heavy atom. The molecule has 1 amide bonds. The minimum absolute atomic E-state index is 0.149. The van der Waals surface area contributed by atoms with Crippen molar-refractivity contribution >= 4 is 29.3 Å². The number of nitrogen functional groups attached to an aromatic ring is 1. The predicted octanol–water partition coefficient (Wildman–Crippen LogP) is 2.46. The molecule has 25 heavy (non-hydrogen) atoms. The largest absolute Gasteiger partial charge is 0.369 e. The number of piperidine rings is 1. The van der Waals surface area contributed by atoms with Gasteiger partial charge in [-0.15, -0.1) is 10.2 Å². The molecule has 0 bridgehead atoms. The number of hydrogen-bond acceptors (Lipinski definition) is 6. The van der Waals surface area contributed by atoms with Gasteiger partial charge >= 0.3 is 0 Å². The van der Waals surface area contributed by atoms with Crippen molar-refractivity contribution in [1.82, 2.24) is 24.5 Å². The normalized spacial score (nSPS) is 21.0. The quantitative estimate of drug-likeness (QED) is 0.841. The van der Waals surface area contributed by atoms with Gasteiger partial charge in [0.2, 0.25) is 11.9 Å². The average Bonchev–Trinajstić information content (AvgIpc) is 2.97. The maximum Gasteiger partial charge on any atom is 0.233 e. The molecule has 2 aromatic rings. The Balaban J connectivity index is 1.81. The molecule has 7 nitrogen and oxygen atoms in total. The van der Waals surface area contributed by atoms with E-state index in [-0.39, 0.29) is 5.91 Å². The Kier molecular flexibility index (Phi) is 5.17. The second-order valence-electron chi connectivity index (χ2n) is 6.75. The molecule has 1 fully saturated rings. The molecule has 0 spiro atoms. The average molecular weight is 363 g/mol. The lowest BCUT2D eigenvalue weighted by molar-refractivity contribution is -0.134. The van der Waals surface area contributed by atoms with E-state index in [2.05, 4.69) is 36.0 Å². The molecule has 0 aliphatic carbocycles. The fourth-order valence-electron chi connectivity index (χ4n) is 3.74. The Hall–Kier alpha value is -1.83. The van der Waals surface area contributed by atoms with Crippen LogP contribution in [0.5, 0.6) is 0 Å². The summed E-state index contributed by atoms with van der Waals surface area (Å²) in [5.74, 6) is 0.852. The number of hydrogen-bond donors (Lipinski definition) is 1. The third-order valence-electron chi connectivity index (χ3n) is 5.01. The molecule has 2 N–H and O–H groups in total. The summed E-state index contributed by atoms with van der Waals surface area (Å²) < 4.78 is 1.76. The number of likely N-dealkylation sites (tertiary alicyclic amines) is 1. The summed E-state index contributed by atoms with van der Waals surface area (Å²) in [6.07, 6.45) is 4.15. The molecule has 0 radical (unpaired) electrons. The van der Waals surface area contributed by atoms with Gasteiger partial charge < -0.3 is 10.6 Å². The molecule has 3 rings (SSSR count). The SMILES string of the molecule is CCc1c(C)nc(N)n2c(SCC(=O)N3[C@H](C)CCC[C@H]3C)nnc12. The molecule has 3 heterocycles. The van der Waals surface area contributed by atoms with E-state index in [9.17, 15) is 4.79 Å². The van der Waals surface area contributed by atoms with E-state index in [4.69, 9.17) is 5.73 Å². The van der Waals surface area contributed by atoms with Gasteiger partial charge in [-0.25, -0.2) is 9.38 Å². The zero-order chi connectivity index (χ0) is 18.1. The van der Waals surface area contributed by atoms with Crippen molar-refractivity contribution < 1.29 is 4.79 Å². The van der Waals surface area contributed by atoms with Crippen LogP contribution in [0.4, 0.5) is 5.95 Å². The highest BCUT2D eigenvalue weighted by Crippen LogP contribution is 2.26. The van der Waals surface area contributed by atoms with Crippen molar-refractivity contribution in [2.24, 2.45) is 0 Å². The first-order valence-corrected chi connectivity index (χ1v) is 9.86. The summed E-state index contributed by atoms with van der Waals surface area (Å²) >= 11 is 1.38. The first-order valence-electron chi connectivity index (χ1n) is 8.88. The van der Waals surface area contributed by atoms with E-state index in [1.165, 1.54) is 18.2 Å². The summed E-state index contributed by atoms with van der Waals surface area (Å²) in [4.78, 5) is 19.1. The van der Waals surface area contributed by atoms with Crippen LogP contribution in [0.25, 0.3) is 5.65 Å². The number of aryl methyl sites for hydroxylation is 2. The topological polar surface area (TPSA) is 89.4 Å². The Morgan fingerprint density at radius 1 is 1.28 bits per heavy atom. The van der Waals surface area contributed by atoms with Crippen molar-refractivity contribution in [3.63, 3.8) is 0 Å². The lowest BCUT2D eigenvalue weighted by Gasteiger charge is -2.39. The molecule has 136 valence electrons. The van der Waals surface area contributed by atoms with Crippen molar-refractivity contribution in [3.05, 3.63) is 11.3 Å². The first-order chi connectivity index (χ1) is 11.9. The molecule has 2 atom stereocenters. The molecule has 1 saturated heterocycles. The van der Waals surface area contributed by atoms with Gasteiger partial charge in [0.25, 0.3) is 0 Å². The zero-order valence-corrected chi connectivity index (χ0v) is 16.1. The highest BCUT2D eigenvalue weighted by molar-refractivity contribution is 7.99. The molecule has 0 aromatic carbocycles. The van der Waals surface area contributed by atoms with Gasteiger partial charge in [-0.3, -0.25) is 4.79 Å². The summed E-state index contributed by atoms with van der Waals surface area (Å²) in [5.41, 5.74) is 8.74. The van der Waals surface area contributed by atoms with E-state index in [0.29, 0.717) is 28.9 Å². The van der Waals surface area contributed by atoms with Crippen molar-refractivity contribution in [2.45, 2.75) is 70.6 Å². The standard InChI is InChI=1S/C17H26N6OS/c1-5-13-12(4)19-16(18)23-15(13)20-21-17(23)25-9-14(24)22-10(2)7-6-8-11(22)3/h10-11H,5-9H2,1-4H3,(H2,18,19)/t10-,11-/m1/s1. The number of carbonyl (C=O) groups excluding carboxylic acids is 1. The van der Waals surface area contributed by atoms with Gasteiger partial charge in [0.1, 0.15) is 0 Å². The Labute approximate surface area is 152 Å². The lowest BCUT2D eigenvalue weighted by atomic mass is 9.98. The number of thioether (sulfide) groups is 1. The maximum atomic E-state index is 12.7. The second kappa shape index (κ2) is 7.19. The molecule has 8 heteroatoms. The van der Waals surface area contributed by atoms with Crippen LogP contribution in [0.1, 0.15) is 51.3 Å². The van der Waals surface area contributed by atoms with E-state index in [1.807, 2.05) is 11.8 Å². The van der Waals surface area contributed by atoms with Crippen LogP contribution in [0.2, 0.25) is 0 Å². The van der Waals surface area contributed by atoms with Crippen LogP contribution in [-0.4, -0.2) is 48.2 Å². The first kappa shape index (κ1) is 18.0. The van der Waals surface area contributed by atoms with Crippen LogP contribution in [0, 0.1) is 6.92 Å². The molecular weight excluding hydrogens is 336 g/mol. The smallest absolute Gasteiger partial charge is 0.233 e. The van der Waals surface area contributed by atoms with E-state index < -0.39 is 0 Å². The van der Waals surface area contributed by atoms with Gasteiger partial charge in [-0.1, -0.05) is 18.7 Å². The number of amides is 1. The van der Waals surface area contributed by atoms with Crippen LogP contribution in [0.3, 0.4) is 0 Å². The monoisotopic (exact) mass is 362 g/mol. The number of nitrogens with zero attached hydrogens (tertiary/aromatic N) is 5. The number of aromatic nitrogens is 4. The molecule has 0 saturated carbocycles. The highest BCUT2D eigenvalue weighted by Gasteiger charge is 2.29. The third kappa shape index (κ3) is 3.31. The molecule has 0 unspecified atom stereocenters. The van der Waals surface area contributed by atoms with Gasteiger partial charge in [0.05, 0.1) is 5.75 Å². The molecule has 2 aromatic heterocycles. The second-order valence-corrected chi connectivity index (χ2v) is 7.69. The van der Waals surface area contributed by atoms with Crippen LogP contribution < -0.4 is 5.73 Å². The molecule has 1 aliphatic rings. The highest BCUT2D eigenvalue weighted by atomic mass is 32.2. The number of anilines is 1. The fourth-order valence-corrected chi connectivity index (χ4v) is 4.55. The van der Waals surface area contributed by atoms with E-state index in [0.717, 1.165) is 36.2 Å². The zero-order valence-electron chi connectivity index (χ0n) is 15.3. The van der Waals surface area contributed by atoms with E-state index in [1.54, 1.807) is 4.40 Å². The van der Waals surface area contributed by atoms with Gasteiger partial charge in [-0.05, 0) is 46.5 Å². The predicted molar refractivity (Wildman–Crippen MR) is 99.7 cm³/mol. The van der Waals surface area contributed by atoms with Crippen molar-refractivity contribution in [2.75, 3.05) is 11.5 Å². The van der Waals surface area contributed by atoms with Gasteiger partial charge in [0, 0.05) is 23.3 Å². The van der Waals surface area contributed by atoms with Crippen LogP contribution in [0.15, 0.2) is 5.16 Å². The van der Waals surface area contributed by atoms with E-state index >= 15 is 0 Å². The number of nitrogens with two attached hydrogens (primary N) is 1. The van der Waals surface area contributed by atoms with Gasteiger partial charge in [-0.2, -0.15) is 0 Å². The molecular formula is C17H26N6OS. The fraction of sp³-hybridized carbons (Fsp3) is 0.647. The van der Waals surface area contributed by atoms with Gasteiger partial charge in [0.15, 0.2) is 10.8 Å². The third-order valence-corrected chi connectivity index (χ3v) is 5.92. The number of fused-ring (bicyclic) bond motifs is 1. The number of rotatable bonds is 4. The summed E-state index contributed by atoms with van der Waals surface area (Å²) in [6.45, 7) is 8.25. The summed E-state index contributed by atoms with van der Waals surface area (Å²) in [5, 5.41) is 9.15. The van der Waals surface area contributed by atoms with Crippen molar-refractivity contribution in [1.29, 1.82) is 0 Å². The maximum absolute atomic E-state index is 12.7. The number of carbonyl (C=O) groups is 1. The Morgan fingerprint density at radius 3 is 2.60 bits per heavy atom. The van der Waals surface area contributed by atoms with Crippen LogP contribution >= 0.6 is 11.8 Å². The van der Waals surface area contributed by atoms with Crippen LogP contribution in [-0.2, 0) is 11.2 Å². The minimum Gasteiger partial charge on any atom is -0.369 e. The van der Waals surface area contributed by atoms with Crippen molar-refractivity contribution in [3.8, 4) is 0 Å². The Bertz CT molecular complexity index is 779. The summed E-state index contributed by atoms with van der Waals surface area (Å²) in [7, 11) is 0. The lowest BCUT2D eigenvalue weighted by Crippen LogP contribution is -2.48. The summed E-state index contributed by atoms with van der Waals surface area (Å²) in [6, 6.07) is 0.598. The molecule has 1 aliphatic heterocycles. The minimum atomic E-state index is 0.149.